The molecule has 1 fully saturated rings. The summed E-state index contributed by atoms with van der Waals surface area (Å²) in [5.41, 5.74) is 0.551. The first-order valence-corrected chi connectivity index (χ1v) is 9.51. The number of nitrogens with zero attached hydrogens (tertiary/aromatic N) is 1. The normalized spacial score (nSPS) is 15.6. The molecule has 3 rings (SSSR count). The van der Waals surface area contributed by atoms with Gasteiger partial charge in [0.1, 0.15) is 10.6 Å². The molecule has 1 saturated heterocycles. The van der Waals surface area contributed by atoms with E-state index in [-0.39, 0.29) is 29.4 Å². The van der Waals surface area contributed by atoms with E-state index in [1.54, 1.807) is 19.1 Å². The maximum absolute atomic E-state index is 13.0. The number of aromatic nitrogens is 1. The zero-order chi connectivity index (χ0) is 18.7. The number of pyridine rings is 1. The van der Waals surface area contributed by atoms with Gasteiger partial charge in [-0.2, -0.15) is 4.31 Å². The van der Waals surface area contributed by atoms with Crippen LogP contribution in [0, 0.1) is 6.92 Å². The minimum Gasteiger partial charge on any atom is -0.379 e. The Balaban J connectivity index is 1.95. The maximum Gasteiger partial charge on any atom is 0.272 e. The number of ether oxygens (including phenoxy) is 1. The second-order valence-electron chi connectivity index (χ2n) is 5.90. The molecular formula is C17H19N3O5S. The van der Waals surface area contributed by atoms with Gasteiger partial charge in [-0.25, -0.2) is 8.42 Å². The molecule has 8 nitrogen and oxygen atoms in total. The van der Waals surface area contributed by atoms with Crippen molar-refractivity contribution in [2.24, 2.45) is 0 Å². The fourth-order valence-electron chi connectivity index (χ4n) is 2.64. The Labute approximate surface area is 150 Å². The van der Waals surface area contributed by atoms with Crippen molar-refractivity contribution in [2.75, 3.05) is 31.6 Å². The van der Waals surface area contributed by atoms with Crippen LogP contribution < -0.4 is 10.9 Å². The number of morpholine rings is 1. The Morgan fingerprint density at radius 3 is 2.62 bits per heavy atom. The Hall–Kier alpha value is -2.49. The lowest BCUT2D eigenvalue weighted by Crippen LogP contribution is -2.41. The van der Waals surface area contributed by atoms with Crippen molar-refractivity contribution in [3.05, 3.63) is 58.0 Å². The Morgan fingerprint density at radius 2 is 1.92 bits per heavy atom. The van der Waals surface area contributed by atoms with E-state index in [0.717, 1.165) is 5.56 Å². The highest BCUT2D eigenvalue weighted by Gasteiger charge is 2.29. The van der Waals surface area contributed by atoms with Gasteiger partial charge in [0, 0.05) is 19.2 Å². The molecule has 2 N–H and O–H groups in total. The van der Waals surface area contributed by atoms with Crippen LogP contribution in [-0.4, -0.2) is 49.9 Å². The topological polar surface area (TPSA) is 109 Å². The lowest BCUT2D eigenvalue weighted by atomic mass is 10.2. The molecule has 0 saturated carbocycles. The molecule has 1 amide bonds. The van der Waals surface area contributed by atoms with Gasteiger partial charge in [0.15, 0.2) is 0 Å². The number of sulfonamides is 1. The van der Waals surface area contributed by atoms with Crippen molar-refractivity contribution in [2.45, 2.75) is 11.8 Å². The van der Waals surface area contributed by atoms with E-state index in [1.165, 1.54) is 28.6 Å². The van der Waals surface area contributed by atoms with Crippen LogP contribution in [0.2, 0.25) is 0 Å². The van der Waals surface area contributed by atoms with Crippen LogP contribution in [0.1, 0.15) is 16.1 Å². The molecule has 9 heteroatoms. The highest BCUT2D eigenvalue weighted by atomic mass is 32.2. The maximum atomic E-state index is 13.0. The standard InChI is InChI=1S/C17H19N3O5S/c1-12-5-6-13(19-17(22)14-3-2-4-16(21)18-14)15(11-12)26(23,24)20-7-9-25-10-8-20/h2-6,11H,7-10H2,1H3,(H,18,21)(H,19,22). The number of aromatic amines is 1. The predicted octanol–water partition coefficient (Wildman–Crippen LogP) is 0.957. The summed E-state index contributed by atoms with van der Waals surface area (Å²) in [6.45, 7) is 2.96. The summed E-state index contributed by atoms with van der Waals surface area (Å²) in [6, 6.07) is 8.96. The number of H-pyrrole nitrogens is 1. The van der Waals surface area contributed by atoms with Gasteiger partial charge >= 0.3 is 0 Å². The van der Waals surface area contributed by atoms with E-state index in [9.17, 15) is 18.0 Å². The van der Waals surface area contributed by atoms with Gasteiger partial charge in [-0.1, -0.05) is 12.1 Å². The Morgan fingerprint density at radius 1 is 1.19 bits per heavy atom. The average molecular weight is 377 g/mol. The van der Waals surface area contributed by atoms with Gasteiger partial charge in [-0.3, -0.25) is 9.59 Å². The van der Waals surface area contributed by atoms with Crippen molar-refractivity contribution in [3.8, 4) is 0 Å². The van der Waals surface area contributed by atoms with Crippen LogP contribution in [0.5, 0.6) is 0 Å². The van der Waals surface area contributed by atoms with Crippen molar-refractivity contribution in [3.63, 3.8) is 0 Å². The van der Waals surface area contributed by atoms with Crippen LogP contribution in [0.3, 0.4) is 0 Å². The number of benzene rings is 1. The first kappa shape index (κ1) is 18.3. The molecule has 138 valence electrons. The van der Waals surface area contributed by atoms with Gasteiger partial charge in [0.05, 0.1) is 18.9 Å². The largest absolute Gasteiger partial charge is 0.379 e. The van der Waals surface area contributed by atoms with Gasteiger partial charge in [-0.05, 0) is 30.7 Å². The molecule has 1 aromatic heterocycles. The average Bonchev–Trinajstić information content (AvgIpc) is 2.64. The van der Waals surface area contributed by atoms with Crippen molar-refractivity contribution in [1.82, 2.24) is 9.29 Å². The summed E-state index contributed by atoms with van der Waals surface area (Å²) in [7, 11) is -3.78. The van der Waals surface area contributed by atoms with Gasteiger partial charge in [-0.15, -0.1) is 0 Å². The second-order valence-corrected chi connectivity index (χ2v) is 7.81. The summed E-state index contributed by atoms with van der Waals surface area (Å²) in [5.74, 6) is -0.593. The molecule has 0 spiro atoms. The number of rotatable bonds is 4. The number of amides is 1. The second kappa shape index (κ2) is 7.40. The molecule has 0 bridgehead atoms. The number of nitrogens with one attached hydrogen (secondary N) is 2. The van der Waals surface area contributed by atoms with Crippen molar-refractivity contribution >= 4 is 21.6 Å². The zero-order valence-corrected chi connectivity index (χ0v) is 15.0. The molecule has 0 atom stereocenters. The summed E-state index contributed by atoms with van der Waals surface area (Å²) in [5, 5.41) is 2.58. The fourth-order valence-corrected chi connectivity index (χ4v) is 4.28. The van der Waals surface area contributed by atoms with E-state index < -0.39 is 21.5 Å². The van der Waals surface area contributed by atoms with Crippen LogP contribution in [0.15, 0.2) is 46.1 Å². The molecule has 26 heavy (non-hydrogen) atoms. The molecule has 2 aromatic rings. The fraction of sp³-hybridized carbons (Fsp3) is 0.294. The predicted molar refractivity (Wildman–Crippen MR) is 95.8 cm³/mol. The van der Waals surface area contributed by atoms with Crippen LogP contribution in [0.25, 0.3) is 0 Å². The molecule has 0 aliphatic carbocycles. The van der Waals surface area contributed by atoms with Crippen LogP contribution in [0.4, 0.5) is 5.69 Å². The van der Waals surface area contributed by atoms with Crippen LogP contribution in [-0.2, 0) is 14.8 Å². The smallest absolute Gasteiger partial charge is 0.272 e. The summed E-state index contributed by atoms with van der Waals surface area (Å²) < 4.78 is 32.5. The quantitative estimate of drug-likeness (QED) is 0.825. The molecule has 0 unspecified atom stereocenters. The molecule has 0 radical (unpaired) electrons. The molecule has 1 aliphatic heterocycles. The summed E-state index contributed by atoms with van der Waals surface area (Å²) in [4.78, 5) is 26.2. The minimum atomic E-state index is -3.78. The molecular weight excluding hydrogens is 358 g/mol. The lowest BCUT2D eigenvalue weighted by molar-refractivity contribution is 0.0730. The lowest BCUT2D eigenvalue weighted by Gasteiger charge is -2.27. The number of carbonyl (C=O) groups is 1. The monoisotopic (exact) mass is 377 g/mol. The third-order valence-corrected chi connectivity index (χ3v) is 5.92. The van der Waals surface area contributed by atoms with Crippen molar-refractivity contribution < 1.29 is 17.9 Å². The number of carbonyl (C=O) groups excluding carboxylic acids is 1. The van der Waals surface area contributed by atoms with Gasteiger partial charge < -0.3 is 15.0 Å². The number of hydrogen-bond acceptors (Lipinski definition) is 5. The van der Waals surface area contributed by atoms with E-state index in [1.807, 2.05) is 0 Å². The Bertz CT molecular complexity index is 978. The van der Waals surface area contributed by atoms with E-state index in [2.05, 4.69) is 10.3 Å². The highest BCUT2D eigenvalue weighted by molar-refractivity contribution is 7.89. The van der Waals surface area contributed by atoms with Gasteiger partial charge in [0.25, 0.3) is 5.91 Å². The van der Waals surface area contributed by atoms with Crippen LogP contribution >= 0.6 is 0 Å². The summed E-state index contributed by atoms with van der Waals surface area (Å²) in [6.07, 6.45) is 0. The Kier molecular flexibility index (Phi) is 5.21. The first-order valence-electron chi connectivity index (χ1n) is 8.07. The minimum absolute atomic E-state index is 0.0195. The molecule has 1 aliphatic rings. The van der Waals surface area contributed by atoms with E-state index in [4.69, 9.17) is 4.74 Å². The molecule has 2 heterocycles. The number of hydrogen-bond donors (Lipinski definition) is 2. The van der Waals surface area contributed by atoms with E-state index >= 15 is 0 Å². The first-order chi connectivity index (χ1) is 12.4. The summed E-state index contributed by atoms with van der Waals surface area (Å²) >= 11 is 0. The number of anilines is 1. The SMILES string of the molecule is Cc1ccc(NC(=O)c2cccc(=O)[nH]2)c(S(=O)(=O)N2CCOCC2)c1. The molecule has 1 aromatic carbocycles. The third-order valence-electron chi connectivity index (χ3n) is 3.99. The van der Waals surface area contributed by atoms with Crippen molar-refractivity contribution in [1.29, 1.82) is 0 Å². The third kappa shape index (κ3) is 3.85. The van der Waals surface area contributed by atoms with Gasteiger partial charge in [0.2, 0.25) is 15.6 Å². The van der Waals surface area contributed by atoms with E-state index in [0.29, 0.717) is 13.2 Å². The highest BCUT2D eigenvalue weighted by Crippen LogP contribution is 2.27. The zero-order valence-electron chi connectivity index (χ0n) is 14.2. The number of aryl methyl sites for hydroxylation is 1.